The number of thiophene rings is 1. The molecule has 4 aliphatic rings. The number of fused-ring (bicyclic) bond motifs is 1. The van der Waals surface area contributed by atoms with Crippen LogP contribution in [0.15, 0.2) is 24.5 Å². The molecule has 182 valence electrons. The monoisotopic (exact) mass is 509 g/mol. The van der Waals surface area contributed by atoms with Gasteiger partial charge in [0.05, 0.1) is 21.3 Å². The second kappa shape index (κ2) is 9.77. The van der Waals surface area contributed by atoms with Gasteiger partial charge in [-0.15, -0.1) is 22.9 Å². The quantitative estimate of drug-likeness (QED) is 0.410. The van der Waals surface area contributed by atoms with Crippen molar-refractivity contribution >= 4 is 46.1 Å². The lowest BCUT2D eigenvalue weighted by atomic mass is 9.83. The summed E-state index contributed by atoms with van der Waals surface area (Å²) in [6, 6.07) is -0.305. The summed E-state index contributed by atoms with van der Waals surface area (Å²) in [7, 11) is 0. The molecule has 11 heteroatoms. The molecule has 2 saturated heterocycles. The minimum Gasteiger partial charge on any atom is -0.366 e. The lowest BCUT2D eigenvalue weighted by Gasteiger charge is -2.34. The lowest BCUT2D eigenvalue weighted by molar-refractivity contribution is -0.639. The van der Waals surface area contributed by atoms with Crippen LogP contribution >= 0.6 is 22.9 Å². The first-order valence-electron chi connectivity index (χ1n) is 11.6. The van der Waals surface area contributed by atoms with Crippen LogP contribution in [0.1, 0.15) is 46.7 Å². The Morgan fingerprint density at radius 2 is 2.12 bits per heavy atom. The van der Waals surface area contributed by atoms with Gasteiger partial charge in [0, 0.05) is 18.2 Å². The third-order valence-corrected chi connectivity index (χ3v) is 8.50. The first kappa shape index (κ1) is 23.5. The number of amides is 2. The molecule has 3 aliphatic heterocycles. The Bertz CT molecular complexity index is 1050. The van der Waals surface area contributed by atoms with E-state index < -0.39 is 35.3 Å². The highest BCUT2D eigenvalue weighted by atomic mass is 35.5. The molecule has 1 saturated carbocycles. The predicted molar refractivity (Wildman–Crippen MR) is 124 cm³/mol. The van der Waals surface area contributed by atoms with Crippen molar-refractivity contribution in [2.24, 2.45) is 5.92 Å². The maximum absolute atomic E-state index is 14.7. The number of rotatable bonds is 5. The number of nitrogens with zero attached hydrogens (tertiary/aromatic N) is 1. The molecule has 2 amide bonds. The summed E-state index contributed by atoms with van der Waals surface area (Å²) >= 11 is 7.43. The number of carbonyl (C=O) groups excluding carboxylic acids is 3. The topological polar surface area (TPSA) is 104 Å². The molecular formula is C23H27ClFN4O4S+. The Labute approximate surface area is 205 Å². The fourth-order valence-electron chi connectivity index (χ4n) is 5.28. The highest BCUT2D eigenvalue weighted by Crippen LogP contribution is 2.34. The number of likely N-dealkylation sites (tertiary alicyclic amines) is 1. The summed E-state index contributed by atoms with van der Waals surface area (Å²) in [5.41, 5.74) is 5.27. The van der Waals surface area contributed by atoms with Crippen molar-refractivity contribution in [2.45, 2.75) is 55.7 Å². The summed E-state index contributed by atoms with van der Waals surface area (Å²) in [6.45, 7) is 0.139. The summed E-state index contributed by atoms with van der Waals surface area (Å²) in [5.74, 6) is -1.52. The fraction of sp³-hybridized carbons (Fsp3) is 0.522. The highest BCUT2D eigenvalue weighted by molar-refractivity contribution is 7.15. The van der Waals surface area contributed by atoms with Gasteiger partial charge in [0.15, 0.2) is 5.78 Å². The van der Waals surface area contributed by atoms with Gasteiger partial charge >= 0.3 is 0 Å². The average molecular weight is 510 g/mol. The van der Waals surface area contributed by atoms with Gasteiger partial charge in [-0.05, 0) is 24.8 Å². The van der Waals surface area contributed by atoms with E-state index >= 15 is 0 Å². The zero-order valence-electron chi connectivity index (χ0n) is 18.5. The number of allylic oxidation sites excluding steroid dienone is 2. The van der Waals surface area contributed by atoms with E-state index in [1.807, 2.05) is 0 Å². The van der Waals surface area contributed by atoms with Gasteiger partial charge in [-0.1, -0.05) is 19.3 Å². The van der Waals surface area contributed by atoms with E-state index in [0.29, 0.717) is 10.5 Å². The molecule has 5 rings (SSSR count). The minimum atomic E-state index is -0.803. The smallest absolute Gasteiger partial charge is 0.262 e. The highest BCUT2D eigenvalue weighted by Gasteiger charge is 2.53. The van der Waals surface area contributed by atoms with Crippen molar-refractivity contribution in [1.29, 1.82) is 0 Å². The maximum Gasteiger partial charge on any atom is 0.262 e. The zero-order valence-corrected chi connectivity index (χ0v) is 20.0. The van der Waals surface area contributed by atoms with Crippen molar-refractivity contribution in [1.82, 2.24) is 15.6 Å². The van der Waals surface area contributed by atoms with Crippen molar-refractivity contribution in [3.8, 4) is 0 Å². The normalized spacial score (nSPS) is 27.8. The number of Topliss-reactive ketones (excluding diaryl/α,β-unsaturated/α-hetero) is 1. The van der Waals surface area contributed by atoms with Crippen LogP contribution in [0.5, 0.6) is 0 Å². The molecule has 1 aromatic rings. The summed E-state index contributed by atoms with van der Waals surface area (Å²) in [6.07, 6.45) is 9.30. The van der Waals surface area contributed by atoms with Gasteiger partial charge in [0.2, 0.25) is 5.91 Å². The number of nitrogens with one attached hydrogen (secondary N) is 2. The van der Waals surface area contributed by atoms with Crippen LogP contribution < -0.4 is 16.2 Å². The molecular weight excluding hydrogens is 483 g/mol. The zero-order chi connectivity index (χ0) is 23.8. The Hall–Kier alpha value is -2.27. The molecule has 0 spiro atoms. The second-order valence-electron chi connectivity index (χ2n) is 9.12. The Balaban J connectivity index is 1.38. The van der Waals surface area contributed by atoms with Crippen molar-refractivity contribution in [3.05, 3.63) is 40.1 Å². The molecule has 4 heterocycles. The summed E-state index contributed by atoms with van der Waals surface area (Å²) in [4.78, 5) is 41.4. The van der Waals surface area contributed by atoms with Gasteiger partial charge in [-0.25, -0.2) is 15.2 Å². The lowest BCUT2D eigenvalue weighted by Crippen LogP contribution is -2.87. The molecule has 0 bridgehead atoms. The molecule has 0 unspecified atom stereocenters. The fourth-order valence-corrected chi connectivity index (χ4v) is 6.57. The third-order valence-electron chi connectivity index (χ3n) is 6.96. The van der Waals surface area contributed by atoms with E-state index in [0.717, 1.165) is 43.4 Å². The van der Waals surface area contributed by atoms with Crippen LogP contribution in [-0.4, -0.2) is 59.2 Å². The largest absolute Gasteiger partial charge is 0.366 e. The average Bonchev–Trinajstić information content (AvgIpc) is 3.53. The van der Waals surface area contributed by atoms with Crippen LogP contribution in [0.25, 0.3) is 5.57 Å². The molecule has 0 aromatic carbocycles. The van der Waals surface area contributed by atoms with Crippen molar-refractivity contribution in [3.63, 3.8) is 0 Å². The summed E-state index contributed by atoms with van der Waals surface area (Å²) < 4.78 is 20.2. The molecule has 4 N–H and O–H groups in total. The maximum atomic E-state index is 14.7. The van der Waals surface area contributed by atoms with Crippen LogP contribution in [-0.2, 0) is 14.3 Å². The van der Waals surface area contributed by atoms with Gasteiger partial charge in [0.25, 0.3) is 5.91 Å². The molecule has 4 atom stereocenters. The standard InChI is InChI=1S/C23H26ClFN4O4S/c24-14-10-29(19-16(30)11-33-20(14)19)23(32)18(12-4-2-1-3-5-12)28-22(31)17-8-15(25)21(34-17)13-6-7-26-27-9-13/h6-9,12,14,18-20,26-27H,1-5,10-11H2,(H,28,31)/p+1/t14-,18-,19+,20+/m0/s1. The number of ether oxygens (including phenoxy) is 1. The number of ketones is 1. The molecule has 8 nitrogen and oxygen atoms in total. The van der Waals surface area contributed by atoms with Crippen molar-refractivity contribution < 1.29 is 28.9 Å². The van der Waals surface area contributed by atoms with E-state index in [2.05, 4.69) is 10.7 Å². The van der Waals surface area contributed by atoms with Crippen LogP contribution in [0, 0.1) is 11.7 Å². The number of halogens is 2. The first-order chi connectivity index (χ1) is 16.4. The Kier molecular flexibility index (Phi) is 6.74. The first-order valence-corrected chi connectivity index (χ1v) is 12.8. The Morgan fingerprint density at radius 1 is 1.32 bits per heavy atom. The van der Waals surface area contributed by atoms with Crippen LogP contribution in [0.3, 0.4) is 0 Å². The number of alkyl halides is 1. The van der Waals surface area contributed by atoms with E-state index in [9.17, 15) is 18.8 Å². The minimum absolute atomic E-state index is 0.0524. The molecule has 1 aromatic heterocycles. The van der Waals surface area contributed by atoms with Crippen LogP contribution in [0.2, 0.25) is 0 Å². The van der Waals surface area contributed by atoms with Crippen LogP contribution in [0.4, 0.5) is 4.39 Å². The molecule has 1 aliphatic carbocycles. The molecule has 34 heavy (non-hydrogen) atoms. The molecule has 3 fully saturated rings. The Morgan fingerprint density at radius 3 is 2.85 bits per heavy atom. The van der Waals surface area contributed by atoms with E-state index in [1.165, 1.54) is 11.0 Å². The molecule has 0 radical (unpaired) electrons. The number of nitrogens with two attached hydrogens (primary N) is 1. The van der Waals surface area contributed by atoms with E-state index in [4.69, 9.17) is 16.3 Å². The summed E-state index contributed by atoms with van der Waals surface area (Å²) in [5, 5.41) is 2.42. The van der Waals surface area contributed by atoms with Crippen molar-refractivity contribution in [2.75, 3.05) is 13.2 Å². The van der Waals surface area contributed by atoms with Gasteiger partial charge in [-0.2, -0.15) is 0 Å². The number of quaternary nitrogens is 1. The van der Waals surface area contributed by atoms with E-state index in [-0.39, 0.29) is 35.6 Å². The van der Waals surface area contributed by atoms with Gasteiger partial charge in [0.1, 0.15) is 36.8 Å². The van der Waals surface area contributed by atoms with E-state index in [1.54, 1.807) is 23.9 Å². The number of carbonyl (C=O) groups is 3. The second-order valence-corrected chi connectivity index (χ2v) is 10.7. The third kappa shape index (κ3) is 4.39. The van der Waals surface area contributed by atoms with Gasteiger partial charge in [-0.3, -0.25) is 14.4 Å². The number of hydrogen-bond donors (Lipinski definition) is 3. The number of hydrogen-bond acceptors (Lipinski definition) is 6. The SMILES string of the molecule is O=C(N[C@H](C(=O)N1C[C@H](Cl)[C@H]2OCC(=O)[C@H]21)C1CCCCC1)c1cc(F)c(C2=CN[NH2+]C=C2)s1. The van der Waals surface area contributed by atoms with Gasteiger partial charge < -0.3 is 15.0 Å². The predicted octanol–water partition coefficient (Wildman–Crippen LogP) is 1.29.